The summed E-state index contributed by atoms with van der Waals surface area (Å²) >= 11 is 0. The summed E-state index contributed by atoms with van der Waals surface area (Å²) in [5.41, 5.74) is 1.73. The van der Waals surface area contributed by atoms with E-state index in [0.29, 0.717) is 17.2 Å². The van der Waals surface area contributed by atoms with Crippen LogP contribution >= 0.6 is 0 Å². The van der Waals surface area contributed by atoms with Crippen molar-refractivity contribution in [1.29, 1.82) is 0 Å². The zero-order valence-corrected chi connectivity index (χ0v) is 16.8. The van der Waals surface area contributed by atoms with Crippen molar-refractivity contribution in [2.75, 3.05) is 0 Å². The predicted octanol–water partition coefficient (Wildman–Crippen LogP) is 2.65. The second kappa shape index (κ2) is 7.26. The molecular weight excluding hydrogens is 360 g/mol. The van der Waals surface area contributed by atoms with Gasteiger partial charge in [-0.05, 0) is 36.0 Å². The third kappa shape index (κ3) is 3.34. The van der Waals surface area contributed by atoms with E-state index in [-0.39, 0.29) is 36.2 Å². The lowest BCUT2D eigenvalue weighted by molar-refractivity contribution is -0.143. The molecule has 0 bridgehead atoms. The van der Waals surface area contributed by atoms with Crippen molar-refractivity contribution < 1.29 is 19.8 Å². The molecule has 1 aliphatic rings. The van der Waals surface area contributed by atoms with Gasteiger partial charge in [0.1, 0.15) is 17.6 Å². The first-order chi connectivity index (χ1) is 13.1. The van der Waals surface area contributed by atoms with Crippen molar-refractivity contribution >= 4 is 11.9 Å². The van der Waals surface area contributed by atoms with Gasteiger partial charge in [-0.25, -0.2) is 4.79 Å². The molecule has 3 rings (SSSR count). The molecular formula is C20H26N4O4. The van der Waals surface area contributed by atoms with E-state index in [1.165, 1.54) is 4.90 Å². The highest BCUT2D eigenvalue weighted by atomic mass is 16.4. The Labute approximate surface area is 163 Å². The van der Waals surface area contributed by atoms with Gasteiger partial charge in [0.05, 0.1) is 18.7 Å². The van der Waals surface area contributed by atoms with Crippen molar-refractivity contribution in [2.24, 2.45) is 0 Å². The minimum absolute atomic E-state index is 0.0209. The fraction of sp³-hybridized carbons (Fsp3) is 0.500. The maximum Gasteiger partial charge on any atom is 0.328 e. The second-order valence-corrected chi connectivity index (χ2v) is 7.88. The predicted molar refractivity (Wildman–Crippen MR) is 102 cm³/mol. The first-order valence-corrected chi connectivity index (χ1v) is 9.41. The number of aliphatic carboxylic acids is 1. The van der Waals surface area contributed by atoms with Crippen LogP contribution in [0, 0.1) is 6.92 Å². The van der Waals surface area contributed by atoms with E-state index >= 15 is 0 Å². The Kier molecular flexibility index (Phi) is 5.14. The fourth-order valence-corrected chi connectivity index (χ4v) is 3.51. The minimum atomic E-state index is -1.10. The molecule has 8 heteroatoms. The van der Waals surface area contributed by atoms with Gasteiger partial charge in [-0.2, -0.15) is 0 Å². The molecule has 2 N–H and O–H groups in total. The average Bonchev–Trinajstić information content (AvgIpc) is 3.00. The van der Waals surface area contributed by atoms with E-state index in [4.69, 9.17) is 0 Å². The average molecular weight is 386 g/mol. The quantitative estimate of drug-likeness (QED) is 0.836. The lowest BCUT2D eigenvalue weighted by Crippen LogP contribution is -2.50. The molecule has 1 aromatic carbocycles. The van der Waals surface area contributed by atoms with Crippen molar-refractivity contribution in [1.82, 2.24) is 19.7 Å². The van der Waals surface area contributed by atoms with Crippen LogP contribution in [-0.4, -0.2) is 47.8 Å². The summed E-state index contributed by atoms with van der Waals surface area (Å²) in [4.78, 5) is 26.5. The van der Waals surface area contributed by atoms with Crippen LogP contribution in [0.3, 0.4) is 0 Å². The van der Waals surface area contributed by atoms with Gasteiger partial charge in [-0.15, -0.1) is 10.2 Å². The molecule has 2 aromatic rings. The molecule has 0 aliphatic carbocycles. The highest BCUT2D eigenvalue weighted by Gasteiger charge is 2.38. The van der Waals surface area contributed by atoms with Crippen LogP contribution in [0.1, 0.15) is 72.7 Å². The SMILES string of the molecule is Cc1nnc2n1CC(C(=O)O)N(C(=O)c1cc(C(C)C)cc(C(C)C)c1O)C2. The minimum Gasteiger partial charge on any atom is -0.507 e. The normalized spacial score (nSPS) is 16.5. The van der Waals surface area contributed by atoms with Gasteiger partial charge < -0.3 is 19.7 Å². The summed E-state index contributed by atoms with van der Waals surface area (Å²) in [6.45, 7) is 9.77. The van der Waals surface area contributed by atoms with Crippen LogP contribution in [0.15, 0.2) is 12.1 Å². The van der Waals surface area contributed by atoms with E-state index in [1.54, 1.807) is 17.6 Å². The van der Waals surface area contributed by atoms with Gasteiger partial charge >= 0.3 is 5.97 Å². The third-order valence-electron chi connectivity index (χ3n) is 5.28. The molecule has 1 amide bonds. The lowest BCUT2D eigenvalue weighted by Gasteiger charge is -2.34. The number of aryl methyl sites for hydroxylation is 1. The summed E-state index contributed by atoms with van der Waals surface area (Å²) in [6.07, 6.45) is 0. The number of phenols is 1. The molecule has 2 heterocycles. The Bertz CT molecular complexity index is 933. The molecule has 1 aromatic heterocycles. The van der Waals surface area contributed by atoms with E-state index < -0.39 is 17.9 Å². The second-order valence-electron chi connectivity index (χ2n) is 7.88. The number of carboxylic acid groups (broad SMARTS) is 1. The zero-order chi connectivity index (χ0) is 20.7. The first-order valence-electron chi connectivity index (χ1n) is 9.41. The van der Waals surface area contributed by atoms with Crippen LogP contribution in [0.4, 0.5) is 0 Å². The highest BCUT2D eigenvalue weighted by molar-refractivity contribution is 5.99. The van der Waals surface area contributed by atoms with Crippen LogP contribution in [0.2, 0.25) is 0 Å². The monoisotopic (exact) mass is 386 g/mol. The molecule has 1 aliphatic heterocycles. The number of amides is 1. The molecule has 0 spiro atoms. The van der Waals surface area contributed by atoms with Crippen LogP contribution in [-0.2, 0) is 17.9 Å². The third-order valence-corrected chi connectivity index (χ3v) is 5.28. The van der Waals surface area contributed by atoms with E-state index in [1.807, 2.05) is 33.8 Å². The number of rotatable bonds is 4. The summed E-state index contributed by atoms with van der Waals surface area (Å²) in [6, 6.07) is 2.52. The number of aromatic hydroxyl groups is 1. The maximum absolute atomic E-state index is 13.3. The Balaban J connectivity index is 2.08. The lowest BCUT2D eigenvalue weighted by atomic mass is 9.91. The van der Waals surface area contributed by atoms with E-state index in [0.717, 1.165) is 5.56 Å². The van der Waals surface area contributed by atoms with Gasteiger partial charge in [0, 0.05) is 0 Å². The van der Waals surface area contributed by atoms with Crippen molar-refractivity contribution in [3.05, 3.63) is 40.5 Å². The van der Waals surface area contributed by atoms with Gasteiger partial charge in [0.15, 0.2) is 5.82 Å². The summed E-state index contributed by atoms with van der Waals surface area (Å²) < 4.78 is 1.71. The summed E-state index contributed by atoms with van der Waals surface area (Å²) in [5, 5.41) is 28.5. The van der Waals surface area contributed by atoms with Crippen LogP contribution < -0.4 is 0 Å². The van der Waals surface area contributed by atoms with Crippen molar-refractivity contribution in [3.63, 3.8) is 0 Å². The van der Waals surface area contributed by atoms with E-state index in [9.17, 15) is 19.8 Å². The number of hydrogen-bond donors (Lipinski definition) is 2. The number of aromatic nitrogens is 3. The molecule has 0 saturated carbocycles. The Hall–Kier alpha value is -2.90. The summed E-state index contributed by atoms with van der Waals surface area (Å²) in [5.74, 6) is -0.375. The van der Waals surface area contributed by atoms with Gasteiger partial charge in [-0.1, -0.05) is 33.8 Å². The molecule has 150 valence electrons. The van der Waals surface area contributed by atoms with Crippen molar-refractivity contribution in [2.45, 2.75) is 65.6 Å². The smallest absolute Gasteiger partial charge is 0.328 e. The number of benzene rings is 1. The molecule has 28 heavy (non-hydrogen) atoms. The molecule has 0 radical (unpaired) electrons. The number of phenolic OH excluding ortho intramolecular Hbond substituents is 1. The molecule has 1 unspecified atom stereocenters. The van der Waals surface area contributed by atoms with E-state index in [2.05, 4.69) is 10.2 Å². The Morgan fingerprint density at radius 1 is 1.14 bits per heavy atom. The number of nitrogens with zero attached hydrogens (tertiary/aromatic N) is 4. The van der Waals surface area contributed by atoms with Crippen LogP contribution in [0.5, 0.6) is 5.75 Å². The molecule has 1 atom stereocenters. The largest absolute Gasteiger partial charge is 0.507 e. The number of hydrogen-bond acceptors (Lipinski definition) is 5. The fourth-order valence-electron chi connectivity index (χ4n) is 3.51. The van der Waals surface area contributed by atoms with Gasteiger partial charge in [-0.3, -0.25) is 4.79 Å². The number of carboxylic acids is 1. The summed E-state index contributed by atoms with van der Waals surface area (Å²) in [7, 11) is 0. The molecule has 0 saturated heterocycles. The van der Waals surface area contributed by atoms with Gasteiger partial charge in [0.25, 0.3) is 5.91 Å². The Morgan fingerprint density at radius 2 is 1.82 bits per heavy atom. The number of carbonyl (C=O) groups excluding carboxylic acids is 1. The molecule has 0 fully saturated rings. The first kappa shape index (κ1) is 19.9. The van der Waals surface area contributed by atoms with Crippen LogP contribution in [0.25, 0.3) is 0 Å². The van der Waals surface area contributed by atoms with Gasteiger partial charge in [0.2, 0.25) is 0 Å². The van der Waals surface area contributed by atoms with Crippen molar-refractivity contribution in [3.8, 4) is 5.75 Å². The highest BCUT2D eigenvalue weighted by Crippen LogP contribution is 2.34. The molecule has 8 nitrogen and oxygen atoms in total. The zero-order valence-electron chi connectivity index (χ0n) is 16.8. The number of carbonyl (C=O) groups is 2. The maximum atomic E-state index is 13.3. The standard InChI is InChI=1S/C20H26N4O4/c1-10(2)13-6-14(11(3)4)18(25)15(7-13)19(26)24-9-17-22-21-12(5)23(17)8-16(24)20(27)28/h6-7,10-11,16,25H,8-9H2,1-5H3,(H,27,28). The topological polar surface area (TPSA) is 109 Å². The Morgan fingerprint density at radius 3 is 2.39 bits per heavy atom. The number of fused-ring (bicyclic) bond motifs is 1.